The Hall–Kier alpha value is -3.82. The van der Waals surface area contributed by atoms with Crippen LogP contribution in [0.1, 0.15) is 24.5 Å². The second kappa shape index (κ2) is 10.4. The number of aromatic nitrogens is 2. The average molecular weight is 506 g/mol. The predicted molar refractivity (Wildman–Crippen MR) is 121 cm³/mol. The molecule has 0 bridgehead atoms. The van der Waals surface area contributed by atoms with Gasteiger partial charge in [-0.3, -0.25) is 0 Å². The summed E-state index contributed by atoms with van der Waals surface area (Å²) in [7, 11) is 0. The van der Waals surface area contributed by atoms with E-state index in [1.807, 2.05) is 6.92 Å². The molecule has 36 heavy (non-hydrogen) atoms. The highest BCUT2D eigenvalue weighted by molar-refractivity contribution is 5.87. The zero-order valence-corrected chi connectivity index (χ0v) is 19.0. The Morgan fingerprint density at radius 1 is 0.861 bits per heavy atom. The van der Waals surface area contributed by atoms with Gasteiger partial charge >= 0.3 is 6.36 Å². The summed E-state index contributed by atoms with van der Waals surface area (Å²) in [6, 6.07) is 9.77. The zero-order chi connectivity index (χ0) is 25.9. The summed E-state index contributed by atoms with van der Waals surface area (Å²) in [6.45, 7) is 2.55. The van der Waals surface area contributed by atoms with Crippen LogP contribution in [0.5, 0.6) is 11.5 Å². The summed E-state index contributed by atoms with van der Waals surface area (Å²) in [5.74, 6) is -3.99. The van der Waals surface area contributed by atoms with E-state index in [4.69, 9.17) is 4.74 Å². The third kappa shape index (κ3) is 5.87. The molecule has 0 saturated carbocycles. The Morgan fingerprint density at radius 3 is 2.19 bits per heavy atom. The number of alkyl halides is 3. The molecule has 3 aromatic carbocycles. The first-order chi connectivity index (χ1) is 17.1. The summed E-state index contributed by atoms with van der Waals surface area (Å²) in [6.07, 6.45) is -1.16. The van der Waals surface area contributed by atoms with Gasteiger partial charge in [0, 0.05) is 10.9 Å². The topological polar surface area (TPSA) is 44.2 Å². The molecule has 0 spiro atoms. The number of nitrogens with zero attached hydrogens (tertiary/aromatic N) is 2. The van der Waals surface area contributed by atoms with Crippen LogP contribution in [0, 0.1) is 17.5 Å². The number of aryl methyl sites for hydroxylation is 2. The normalized spacial score (nSPS) is 11.6. The molecule has 188 valence electrons. The lowest BCUT2D eigenvalue weighted by Gasteiger charge is -2.12. The van der Waals surface area contributed by atoms with Gasteiger partial charge < -0.3 is 9.47 Å². The number of fused-ring (bicyclic) bond motifs is 1. The van der Waals surface area contributed by atoms with E-state index >= 15 is 4.39 Å². The molecule has 4 nitrogen and oxygen atoms in total. The molecule has 0 radical (unpaired) electrons. The summed E-state index contributed by atoms with van der Waals surface area (Å²) in [4.78, 5) is 8.58. The van der Waals surface area contributed by atoms with E-state index in [0.29, 0.717) is 40.1 Å². The molecule has 4 rings (SSSR count). The Balaban J connectivity index is 1.51. The van der Waals surface area contributed by atoms with Crippen LogP contribution in [0.4, 0.5) is 26.3 Å². The van der Waals surface area contributed by atoms with Crippen LogP contribution in [0.2, 0.25) is 0 Å². The van der Waals surface area contributed by atoms with Gasteiger partial charge in [0.15, 0.2) is 23.2 Å². The SMILES string of the molecule is CCCOc1cnc(-c2ccc3c(F)c(CCc4cc(F)c(OC(F)(F)F)c(F)c4)ccc3c2)nc1. The maximum absolute atomic E-state index is 15.1. The maximum atomic E-state index is 15.1. The molecule has 0 amide bonds. The van der Waals surface area contributed by atoms with Crippen molar-refractivity contribution in [3.63, 3.8) is 0 Å². The minimum Gasteiger partial charge on any atom is -0.490 e. The van der Waals surface area contributed by atoms with Crippen molar-refractivity contribution in [3.05, 3.63) is 83.4 Å². The van der Waals surface area contributed by atoms with Crippen molar-refractivity contribution in [3.8, 4) is 22.9 Å². The van der Waals surface area contributed by atoms with Crippen LogP contribution in [0.3, 0.4) is 0 Å². The minimum absolute atomic E-state index is 0.000932. The molecular weight excluding hydrogens is 486 g/mol. The van der Waals surface area contributed by atoms with Gasteiger partial charge in [-0.05, 0) is 54.0 Å². The van der Waals surface area contributed by atoms with Crippen molar-refractivity contribution >= 4 is 10.8 Å². The third-order valence-corrected chi connectivity index (χ3v) is 5.35. The Kier molecular flexibility index (Phi) is 7.32. The van der Waals surface area contributed by atoms with Crippen molar-refractivity contribution in [2.24, 2.45) is 0 Å². The monoisotopic (exact) mass is 506 g/mol. The van der Waals surface area contributed by atoms with Gasteiger partial charge in [0.25, 0.3) is 0 Å². The summed E-state index contributed by atoms with van der Waals surface area (Å²) in [5, 5.41) is 0.944. The van der Waals surface area contributed by atoms with Crippen molar-refractivity contribution in [1.82, 2.24) is 9.97 Å². The fraction of sp³-hybridized carbons (Fsp3) is 0.231. The summed E-state index contributed by atoms with van der Waals surface area (Å²) >= 11 is 0. The van der Waals surface area contributed by atoms with Gasteiger partial charge in [-0.15, -0.1) is 13.2 Å². The third-order valence-electron chi connectivity index (χ3n) is 5.35. The lowest BCUT2D eigenvalue weighted by molar-refractivity contribution is -0.276. The van der Waals surface area contributed by atoms with E-state index in [2.05, 4.69) is 14.7 Å². The molecule has 10 heteroatoms. The van der Waals surface area contributed by atoms with E-state index in [1.165, 1.54) is 0 Å². The average Bonchev–Trinajstić information content (AvgIpc) is 2.84. The van der Waals surface area contributed by atoms with Gasteiger partial charge in [0.1, 0.15) is 5.82 Å². The zero-order valence-electron chi connectivity index (χ0n) is 19.0. The van der Waals surface area contributed by atoms with Crippen LogP contribution < -0.4 is 9.47 Å². The van der Waals surface area contributed by atoms with Crippen molar-refractivity contribution in [2.75, 3.05) is 6.61 Å². The van der Waals surface area contributed by atoms with Crippen molar-refractivity contribution in [1.29, 1.82) is 0 Å². The number of halogens is 6. The second-order valence-corrected chi connectivity index (χ2v) is 8.00. The van der Waals surface area contributed by atoms with Gasteiger partial charge in [-0.1, -0.05) is 31.2 Å². The highest BCUT2D eigenvalue weighted by Gasteiger charge is 2.34. The van der Waals surface area contributed by atoms with E-state index in [0.717, 1.165) is 18.6 Å². The van der Waals surface area contributed by atoms with Gasteiger partial charge in [0.05, 0.1) is 19.0 Å². The number of benzene rings is 3. The van der Waals surface area contributed by atoms with Crippen LogP contribution in [-0.2, 0) is 12.8 Å². The van der Waals surface area contributed by atoms with Crippen LogP contribution in [0.25, 0.3) is 22.2 Å². The molecule has 1 heterocycles. The molecule has 0 saturated heterocycles. The predicted octanol–water partition coefficient (Wildman–Crippen LogP) is 7.19. The summed E-state index contributed by atoms with van der Waals surface area (Å²) < 4.78 is 88.8. The molecule has 0 aliphatic heterocycles. The lowest BCUT2D eigenvalue weighted by Crippen LogP contribution is -2.19. The first-order valence-electron chi connectivity index (χ1n) is 11.0. The first kappa shape index (κ1) is 25.3. The van der Waals surface area contributed by atoms with E-state index < -0.39 is 29.6 Å². The smallest absolute Gasteiger partial charge is 0.490 e. The molecule has 0 N–H and O–H groups in total. The Labute approximate surface area is 202 Å². The first-order valence-corrected chi connectivity index (χ1v) is 11.0. The molecule has 0 aliphatic rings. The van der Waals surface area contributed by atoms with Gasteiger partial charge in [-0.2, -0.15) is 0 Å². The Morgan fingerprint density at radius 2 is 1.56 bits per heavy atom. The fourth-order valence-corrected chi connectivity index (χ4v) is 3.68. The number of rotatable bonds is 8. The van der Waals surface area contributed by atoms with Crippen LogP contribution >= 0.6 is 0 Å². The molecule has 0 atom stereocenters. The fourth-order valence-electron chi connectivity index (χ4n) is 3.68. The quantitative estimate of drug-likeness (QED) is 0.237. The van der Waals surface area contributed by atoms with E-state index in [1.54, 1.807) is 42.7 Å². The molecule has 1 aromatic heterocycles. The minimum atomic E-state index is -5.23. The van der Waals surface area contributed by atoms with E-state index in [-0.39, 0.29) is 18.4 Å². The lowest BCUT2D eigenvalue weighted by atomic mass is 9.98. The Bertz CT molecular complexity index is 1350. The molecular formula is C26H20F6N2O2. The molecule has 0 aliphatic carbocycles. The molecule has 4 aromatic rings. The molecule has 0 fully saturated rings. The van der Waals surface area contributed by atoms with E-state index in [9.17, 15) is 22.0 Å². The van der Waals surface area contributed by atoms with Gasteiger partial charge in [-0.25, -0.2) is 23.1 Å². The number of hydrogen-bond donors (Lipinski definition) is 0. The van der Waals surface area contributed by atoms with Crippen LogP contribution in [-0.4, -0.2) is 22.9 Å². The van der Waals surface area contributed by atoms with Crippen molar-refractivity contribution < 1.29 is 35.8 Å². The van der Waals surface area contributed by atoms with Gasteiger partial charge in [0.2, 0.25) is 5.75 Å². The maximum Gasteiger partial charge on any atom is 0.573 e. The highest BCUT2D eigenvalue weighted by atomic mass is 19.4. The largest absolute Gasteiger partial charge is 0.573 e. The highest BCUT2D eigenvalue weighted by Crippen LogP contribution is 2.31. The number of hydrogen-bond acceptors (Lipinski definition) is 4. The van der Waals surface area contributed by atoms with Crippen molar-refractivity contribution in [2.45, 2.75) is 32.5 Å². The molecule has 0 unspecified atom stereocenters. The summed E-state index contributed by atoms with van der Waals surface area (Å²) in [5.41, 5.74) is 1.04. The second-order valence-electron chi connectivity index (χ2n) is 8.00. The number of ether oxygens (including phenoxy) is 2. The standard InChI is InChI=1S/C26H20F6N2O2/c1-2-9-35-19-13-33-25(34-14-19)18-7-8-20-17(12-18)6-5-16(23(20)29)4-3-15-10-21(27)24(22(28)11-15)36-26(30,31)32/h5-8,10-14H,2-4,9H2,1H3. The van der Waals surface area contributed by atoms with Crippen LogP contribution in [0.15, 0.2) is 54.9 Å².